The summed E-state index contributed by atoms with van der Waals surface area (Å²) in [7, 11) is -3.47. The van der Waals surface area contributed by atoms with E-state index in [4.69, 9.17) is 10.00 Å². The fourth-order valence-electron chi connectivity index (χ4n) is 5.77. The Kier molecular flexibility index (Phi) is 4.97. The average molecular weight is 485 g/mol. The second-order valence-corrected chi connectivity index (χ2v) is 11.6. The molecule has 12 heteroatoms. The minimum Gasteiger partial charge on any atom is -0.362 e. The predicted molar refractivity (Wildman–Crippen MR) is 109 cm³/mol. The molecule has 0 radical (unpaired) electrons. The minimum atomic E-state index is -4.55. The van der Waals surface area contributed by atoms with Crippen molar-refractivity contribution < 1.29 is 31.1 Å². The van der Waals surface area contributed by atoms with Gasteiger partial charge >= 0.3 is 12.2 Å². The van der Waals surface area contributed by atoms with Gasteiger partial charge in [-0.25, -0.2) is 17.9 Å². The van der Waals surface area contributed by atoms with Crippen molar-refractivity contribution in [2.24, 2.45) is 11.3 Å². The summed E-state index contributed by atoms with van der Waals surface area (Å²) in [6.45, 7) is 2.08. The van der Waals surface area contributed by atoms with Gasteiger partial charge in [-0.15, -0.1) is 0 Å². The van der Waals surface area contributed by atoms with Gasteiger partial charge in [0.2, 0.25) is 10.0 Å². The number of halogens is 3. The Morgan fingerprint density at radius 1 is 1.21 bits per heavy atom. The minimum absolute atomic E-state index is 0.0579. The number of nitrogens with one attached hydrogen (secondary N) is 1. The molecule has 1 aliphatic carbocycles. The number of ether oxygens (including phenoxy) is 1. The maximum Gasteiger partial charge on any atom is 0.417 e. The van der Waals surface area contributed by atoms with E-state index in [0.717, 1.165) is 24.5 Å². The fourth-order valence-corrected chi connectivity index (χ4v) is 6.98. The maximum atomic E-state index is 13.0. The second kappa shape index (κ2) is 7.32. The monoisotopic (exact) mass is 484 g/mol. The Labute approximate surface area is 189 Å². The van der Waals surface area contributed by atoms with E-state index in [9.17, 15) is 26.4 Å². The van der Waals surface area contributed by atoms with E-state index in [1.165, 1.54) is 12.1 Å². The molecule has 33 heavy (non-hydrogen) atoms. The van der Waals surface area contributed by atoms with Crippen LogP contribution in [-0.2, 0) is 27.4 Å². The second-order valence-electron chi connectivity index (χ2n) is 9.93. The number of nitriles is 1. The highest BCUT2D eigenvalue weighted by Gasteiger charge is 2.57. The Hall–Kier alpha value is -2.36. The van der Waals surface area contributed by atoms with Crippen molar-refractivity contribution >= 4 is 16.1 Å². The lowest BCUT2D eigenvalue weighted by molar-refractivity contribution is -0.137. The number of hydrogen-bond acceptors (Lipinski definition) is 5. The van der Waals surface area contributed by atoms with E-state index in [0.29, 0.717) is 25.4 Å². The summed E-state index contributed by atoms with van der Waals surface area (Å²) in [5, 5.41) is 9.07. The summed E-state index contributed by atoms with van der Waals surface area (Å²) in [4.78, 5) is 16.1. The van der Waals surface area contributed by atoms with Crippen molar-refractivity contribution in [1.82, 2.24) is 14.5 Å². The van der Waals surface area contributed by atoms with Crippen molar-refractivity contribution in [2.45, 2.75) is 31.0 Å². The number of rotatable bonds is 2. The van der Waals surface area contributed by atoms with E-state index in [-0.39, 0.29) is 42.6 Å². The van der Waals surface area contributed by atoms with Crippen LogP contribution in [-0.4, -0.2) is 68.5 Å². The highest BCUT2D eigenvalue weighted by molar-refractivity contribution is 7.89. The molecule has 1 aromatic carbocycles. The lowest BCUT2D eigenvalue weighted by Crippen LogP contribution is -2.77. The smallest absolute Gasteiger partial charge is 0.362 e. The number of sulfonamides is 1. The van der Waals surface area contributed by atoms with Gasteiger partial charge in [0.15, 0.2) is 5.94 Å². The molecule has 1 aromatic rings. The molecule has 4 fully saturated rings. The van der Waals surface area contributed by atoms with Gasteiger partial charge in [0.1, 0.15) is 0 Å². The number of nitrogens with zero attached hydrogens (tertiary/aromatic N) is 3. The third-order valence-electron chi connectivity index (χ3n) is 7.05. The molecule has 1 saturated carbocycles. The zero-order valence-corrected chi connectivity index (χ0v) is 18.5. The lowest BCUT2D eigenvalue weighted by Gasteiger charge is -2.61. The average Bonchev–Trinajstić information content (AvgIpc) is 2.64. The van der Waals surface area contributed by atoms with Crippen molar-refractivity contribution in [3.63, 3.8) is 0 Å². The summed E-state index contributed by atoms with van der Waals surface area (Å²) in [5.41, 5.74) is -1.21. The van der Waals surface area contributed by atoms with E-state index < -0.39 is 27.3 Å². The van der Waals surface area contributed by atoms with Crippen LogP contribution >= 0.6 is 0 Å². The molecule has 0 aromatic heterocycles. The molecule has 1 N–H and O–H groups in total. The first-order valence-electron chi connectivity index (χ1n) is 10.7. The third-order valence-corrected chi connectivity index (χ3v) is 8.27. The van der Waals surface area contributed by atoms with Crippen LogP contribution in [0.4, 0.5) is 18.0 Å². The number of likely N-dealkylation sites (tertiary alicyclic amines) is 2. The molecule has 3 aliphatic heterocycles. The number of carbonyl (C=O) groups excluding carboxylic acids is 1. The van der Waals surface area contributed by atoms with Gasteiger partial charge in [-0.3, -0.25) is 0 Å². The van der Waals surface area contributed by atoms with Gasteiger partial charge in [-0.05, 0) is 42.9 Å². The molecule has 3 heterocycles. The molecular weight excluding hydrogens is 461 g/mol. The van der Waals surface area contributed by atoms with Crippen LogP contribution in [0.5, 0.6) is 0 Å². The quantitative estimate of drug-likeness (QED) is 0.691. The van der Waals surface area contributed by atoms with Crippen LogP contribution in [0.25, 0.3) is 0 Å². The zero-order valence-electron chi connectivity index (χ0n) is 17.7. The number of urea groups is 1. The van der Waals surface area contributed by atoms with Gasteiger partial charge in [-0.2, -0.15) is 18.4 Å². The normalized spacial score (nSPS) is 25.2. The van der Waals surface area contributed by atoms with Gasteiger partial charge in [-0.1, -0.05) is 6.07 Å². The SMILES string of the molecule is N#Cc1cc(CC2CC3(C2)CN(C(=O)N2CC4(COCS(=O)(=O)N4)C2)C3)ccc1C(F)(F)F. The van der Waals surface area contributed by atoms with Gasteiger partial charge in [0.05, 0.1) is 29.3 Å². The summed E-state index contributed by atoms with van der Waals surface area (Å²) in [5.74, 6) is -0.0467. The summed E-state index contributed by atoms with van der Waals surface area (Å²) < 4.78 is 70.1. The molecule has 2 spiro atoms. The first-order valence-corrected chi connectivity index (χ1v) is 12.3. The highest BCUT2D eigenvalue weighted by atomic mass is 32.2. The largest absolute Gasteiger partial charge is 0.417 e. The van der Waals surface area contributed by atoms with Crippen molar-refractivity contribution in [3.8, 4) is 6.07 Å². The third kappa shape index (κ3) is 4.06. The fraction of sp³-hybridized carbons (Fsp3) is 0.619. The summed E-state index contributed by atoms with van der Waals surface area (Å²) >= 11 is 0. The van der Waals surface area contributed by atoms with E-state index >= 15 is 0 Å². The number of carbonyl (C=O) groups is 1. The molecule has 3 saturated heterocycles. The van der Waals surface area contributed by atoms with Crippen LogP contribution in [0.2, 0.25) is 0 Å². The Bertz CT molecular complexity index is 1130. The molecule has 8 nitrogen and oxygen atoms in total. The molecule has 2 amide bonds. The molecule has 5 rings (SSSR count). The Morgan fingerprint density at radius 3 is 2.48 bits per heavy atom. The standard InChI is InChI=1S/C21H23F3N4O4S/c22-21(23,24)17-2-1-14(4-16(17)7-25)3-15-5-19(6-15)8-27(9-19)18(29)28-10-20(11-28)12-32-13-33(30,31)26-20/h1-2,4,15,26H,3,5-6,8-13H2. The predicted octanol–water partition coefficient (Wildman–Crippen LogP) is 1.91. The molecule has 0 bridgehead atoms. The van der Waals surface area contributed by atoms with Crippen LogP contribution in [0.15, 0.2) is 18.2 Å². The molecular formula is C21H23F3N4O4S. The van der Waals surface area contributed by atoms with Gasteiger partial charge in [0, 0.05) is 31.6 Å². The van der Waals surface area contributed by atoms with Gasteiger partial charge in [0.25, 0.3) is 0 Å². The number of amides is 2. The molecule has 4 aliphatic rings. The van der Waals surface area contributed by atoms with Crippen LogP contribution < -0.4 is 4.72 Å². The Balaban J connectivity index is 1.10. The maximum absolute atomic E-state index is 13.0. The first-order chi connectivity index (χ1) is 15.4. The number of alkyl halides is 3. The highest BCUT2D eigenvalue weighted by Crippen LogP contribution is 2.53. The Morgan fingerprint density at radius 2 is 1.88 bits per heavy atom. The summed E-state index contributed by atoms with van der Waals surface area (Å²) in [6, 6.07) is 5.27. The van der Waals surface area contributed by atoms with E-state index in [1.807, 2.05) is 0 Å². The van der Waals surface area contributed by atoms with E-state index in [1.54, 1.807) is 15.9 Å². The van der Waals surface area contributed by atoms with Gasteiger partial charge < -0.3 is 14.5 Å². The topological polar surface area (TPSA) is 103 Å². The van der Waals surface area contributed by atoms with Crippen molar-refractivity contribution in [3.05, 3.63) is 34.9 Å². The van der Waals surface area contributed by atoms with Crippen LogP contribution in [0.1, 0.15) is 29.5 Å². The molecule has 0 atom stereocenters. The van der Waals surface area contributed by atoms with Crippen molar-refractivity contribution in [2.75, 3.05) is 38.7 Å². The molecule has 178 valence electrons. The number of hydrogen-bond donors (Lipinski definition) is 1. The molecule has 0 unspecified atom stereocenters. The van der Waals surface area contributed by atoms with Crippen molar-refractivity contribution in [1.29, 1.82) is 5.26 Å². The van der Waals surface area contributed by atoms with Crippen LogP contribution in [0.3, 0.4) is 0 Å². The summed E-state index contributed by atoms with van der Waals surface area (Å²) in [6.07, 6.45) is -2.16. The number of benzene rings is 1. The van der Waals surface area contributed by atoms with Crippen LogP contribution in [0, 0.1) is 22.7 Å². The zero-order chi connectivity index (χ0) is 23.6. The first kappa shape index (κ1) is 22.4. The lowest BCUT2D eigenvalue weighted by atomic mass is 9.56. The van der Waals surface area contributed by atoms with E-state index in [2.05, 4.69) is 4.72 Å².